The Morgan fingerprint density at radius 1 is 1.41 bits per heavy atom. The van der Waals surface area contributed by atoms with E-state index in [0.29, 0.717) is 10.2 Å². The third kappa shape index (κ3) is 4.15. The molecule has 0 unspecified atom stereocenters. The number of fused-ring (bicyclic) bond motifs is 3. The predicted octanol–water partition coefficient (Wildman–Crippen LogP) is 3.79. The van der Waals surface area contributed by atoms with Crippen LogP contribution in [-0.4, -0.2) is 32.8 Å². The Balaban J connectivity index is 2.01. The second kappa shape index (κ2) is 8.75. The van der Waals surface area contributed by atoms with Gasteiger partial charge in [0.05, 0.1) is 10.9 Å². The lowest BCUT2D eigenvalue weighted by Gasteiger charge is -2.07. The summed E-state index contributed by atoms with van der Waals surface area (Å²) >= 11 is 1.35. The Morgan fingerprint density at radius 3 is 3.04 bits per heavy atom. The van der Waals surface area contributed by atoms with Gasteiger partial charge in [-0.15, -0.1) is 11.3 Å². The van der Waals surface area contributed by atoms with Gasteiger partial charge in [0.2, 0.25) is 0 Å². The first kappa shape index (κ1) is 19.0. The van der Waals surface area contributed by atoms with Crippen molar-refractivity contribution in [3.63, 3.8) is 0 Å². The second-order valence-corrected chi connectivity index (χ2v) is 7.09. The van der Waals surface area contributed by atoms with Crippen molar-refractivity contribution in [1.29, 1.82) is 0 Å². The SMILES string of the molecule is C=C/C(C)=C\C=C\n1cnc2c(sc3nccc(NCCCCO)c32)c1=O. The Labute approximate surface area is 161 Å². The van der Waals surface area contributed by atoms with E-state index in [1.54, 1.807) is 24.5 Å². The van der Waals surface area contributed by atoms with Crippen LogP contribution in [-0.2, 0) is 0 Å². The molecule has 0 atom stereocenters. The van der Waals surface area contributed by atoms with Crippen LogP contribution < -0.4 is 10.9 Å². The molecule has 3 aromatic rings. The Bertz CT molecular complexity index is 1080. The molecule has 0 saturated heterocycles. The van der Waals surface area contributed by atoms with Gasteiger partial charge in [-0.05, 0) is 31.9 Å². The van der Waals surface area contributed by atoms with Crippen LogP contribution in [0.3, 0.4) is 0 Å². The van der Waals surface area contributed by atoms with Gasteiger partial charge in [0.1, 0.15) is 15.9 Å². The van der Waals surface area contributed by atoms with E-state index in [-0.39, 0.29) is 12.2 Å². The molecule has 6 nitrogen and oxygen atoms in total. The van der Waals surface area contributed by atoms with E-state index in [0.717, 1.165) is 40.9 Å². The minimum atomic E-state index is -0.116. The molecule has 0 saturated carbocycles. The molecule has 2 N–H and O–H groups in total. The molecule has 0 radical (unpaired) electrons. The summed E-state index contributed by atoms with van der Waals surface area (Å²) in [6, 6.07) is 1.89. The lowest BCUT2D eigenvalue weighted by atomic mass is 10.2. The van der Waals surface area contributed by atoms with Gasteiger partial charge in [0.15, 0.2) is 0 Å². The number of hydrogen-bond acceptors (Lipinski definition) is 6. The Morgan fingerprint density at radius 2 is 2.26 bits per heavy atom. The number of thiophene rings is 1. The molecule has 0 aromatic carbocycles. The Hall–Kier alpha value is -2.77. The fourth-order valence-electron chi connectivity index (χ4n) is 2.63. The van der Waals surface area contributed by atoms with E-state index in [2.05, 4.69) is 21.9 Å². The van der Waals surface area contributed by atoms with Crippen molar-refractivity contribution < 1.29 is 5.11 Å². The number of rotatable bonds is 8. The average Bonchev–Trinajstić information content (AvgIpc) is 3.07. The highest BCUT2D eigenvalue weighted by molar-refractivity contribution is 7.25. The van der Waals surface area contributed by atoms with E-state index in [1.807, 2.05) is 19.1 Å². The summed E-state index contributed by atoms with van der Waals surface area (Å²) in [5.74, 6) is 0. The van der Waals surface area contributed by atoms with Crippen molar-refractivity contribution >= 4 is 43.7 Å². The number of pyridine rings is 1. The van der Waals surface area contributed by atoms with Crippen molar-refractivity contribution in [3.05, 3.63) is 59.3 Å². The first-order valence-corrected chi connectivity index (χ1v) is 9.58. The summed E-state index contributed by atoms with van der Waals surface area (Å²) in [6.07, 6.45) is 12.0. The monoisotopic (exact) mass is 382 g/mol. The molecule has 3 heterocycles. The molecule has 0 aliphatic carbocycles. The quantitative estimate of drug-likeness (QED) is 0.458. The maximum Gasteiger partial charge on any atom is 0.275 e. The summed E-state index contributed by atoms with van der Waals surface area (Å²) in [5.41, 5.74) is 2.47. The van der Waals surface area contributed by atoms with Crippen LogP contribution >= 0.6 is 11.3 Å². The topological polar surface area (TPSA) is 80.0 Å². The van der Waals surface area contributed by atoms with Gasteiger partial charge in [0.25, 0.3) is 5.56 Å². The van der Waals surface area contributed by atoms with Crippen molar-refractivity contribution in [1.82, 2.24) is 14.5 Å². The molecule has 0 aliphatic heterocycles. The van der Waals surface area contributed by atoms with Crippen LogP contribution in [0.1, 0.15) is 19.8 Å². The zero-order valence-corrected chi connectivity index (χ0v) is 16.0. The van der Waals surface area contributed by atoms with Crippen molar-refractivity contribution in [2.75, 3.05) is 18.5 Å². The number of hydrogen-bond donors (Lipinski definition) is 2. The number of nitrogens with zero attached hydrogens (tertiary/aromatic N) is 3. The van der Waals surface area contributed by atoms with Crippen molar-refractivity contribution in [2.45, 2.75) is 19.8 Å². The van der Waals surface area contributed by atoms with E-state index in [1.165, 1.54) is 22.2 Å². The van der Waals surface area contributed by atoms with Crippen LogP contribution in [0.5, 0.6) is 0 Å². The number of unbranched alkanes of at least 4 members (excludes halogenated alkanes) is 1. The highest BCUT2D eigenvalue weighted by atomic mass is 32.1. The van der Waals surface area contributed by atoms with Gasteiger partial charge < -0.3 is 10.4 Å². The molecule has 3 aromatic heterocycles. The van der Waals surface area contributed by atoms with Gasteiger partial charge in [-0.25, -0.2) is 9.97 Å². The average molecular weight is 382 g/mol. The molecule has 0 fully saturated rings. The molecule has 7 heteroatoms. The summed E-state index contributed by atoms with van der Waals surface area (Å²) in [6.45, 7) is 6.57. The number of aromatic nitrogens is 3. The summed E-state index contributed by atoms with van der Waals surface area (Å²) in [7, 11) is 0. The molecule has 27 heavy (non-hydrogen) atoms. The normalized spacial score (nSPS) is 12.3. The van der Waals surface area contributed by atoms with Gasteiger partial charge in [0, 0.05) is 31.2 Å². The molecule has 0 amide bonds. The molecular weight excluding hydrogens is 360 g/mol. The third-order valence-electron chi connectivity index (χ3n) is 4.13. The Kier molecular flexibility index (Phi) is 6.16. The van der Waals surface area contributed by atoms with Crippen LogP contribution in [0, 0.1) is 0 Å². The van der Waals surface area contributed by atoms with Gasteiger partial charge in [-0.2, -0.15) is 0 Å². The smallest absolute Gasteiger partial charge is 0.275 e. The zero-order valence-electron chi connectivity index (χ0n) is 15.2. The predicted molar refractivity (Wildman–Crippen MR) is 113 cm³/mol. The number of aliphatic hydroxyl groups is 1. The van der Waals surface area contributed by atoms with E-state index in [9.17, 15) is 4.79 Å². The number of anilines is 1. The summed E-state index contributed by atoms with van der Waals surface area (Å²) < 4.78 is 2.05. The van der Waals surface area contributed by atoms with Crippen molar-refractivity contribution in [2.24, 2.45) is 0 Å². The maximum atomic E-state index is 12.8. The third-order valence-corrected chi connectivity index (χ3v) is 5.21. The van der Waals surface area contributed by atoms with E-state index < -0.39 is 0 Å². The summed E-state index contributed by atoms with van der Waals surface area (Å²) in [5, 5.41) is 13.1. The van der Waals surface area contributed by atoms with Crippen LogP contribution in [0.15, 0.2) is 53.8 Å². The van der Waals surface area contributed by atoms with E-state index >= 15 is 0 Å². The lowest BCUT2D eigenvalue weighted by molar-refractivity contribution is 0.286. The zero-order chi connectivity index (χ0) is 19.2. The fraction of sp³-hybridized carbons (Fsp3) is 0.250. The molecule has 0 aliphatic rings. The largest absolute Gasteiger partial charge is 0.396 e. The number of nitrogens with one attached hydrogen (secondary N) is 1. The number of allylic oxidation sites excluding steroid dienone is 4. The van der Waals surface area contributed by atoms with Crippen LogP contribution in [0.2, 0.25) is 0 Å². The minimum Gasteiger partial charge on any atom is -0.396 e. The van der Waals surface area contributed by atoms with Gasteiger partial charge >= 0.3 is 0 Å². The van der Waals surface area contributed by atoms with Gasteiger partial charge in [-0.1, -0.05) is 24.3 Å². The van der Waals surface area contributed by atoms with Crippen molar-refractivity contribution in [3.8, 4) is 0 Å². The number of aliphatic hydroxyl groups excluding tert-OH is 1. The second-order valence-electron chi connectivity index (χ2n) is 6.09. The molecule has 3 rings (SSSR count). The van der Waals surface area contributed by atoms with Gasteiger partial charge in [-0.3, -0.25) is 9.36 Å². The standard InChI is InChI=1S/C20H22N4O2S/c1-3-14(2)7-6-11-24-13-23-17-16-15(21-9-4-5-12-25)8-10-22-19(16)27-18(17)20(24)26/h3,6-8,10-11,13,25H,1,4-5,9,12H2,2H3,(H,21,22)/b11-6+,14-7-. The molecular formula is C20H22N4O2S. The lowest BCUT2D eigenvalue weighted by Crippen LogP contribution is -2.14. The first-order valence-electron chi connectivity index (χ1n) is 8.76. The van der Waals surface area contributed by atoms with Crippen LogP contribution in [0.4, 0.5) is 5.69 Å². The maximum absolute atomic E-state index is 12.8. The molecule has 0 spiro atoms. The van der Waals surface area contributed by atoms with E-state index in [4.69, 9.17) is 5.11 Å². The van der Waals surface area contributed by atoms with Crippen LogP contribution in [0.25, 0.3) is 26.6 Å². The highest BCUT2D eigenvalue weighted by Gasteiger charge is 2.14. The fourth-order valence-corrected chi connectivity index (χ4v) is 3.69. The summed E-state index contributed by atoms with van der Waals surface area (Å²) in [4.78, 5) is 22.5. The first-order chi connectivity index (χ1) is 13.2. The molecule has 140 valence electrons. The highest BCUT2D eigenvalue weighted by Crippen LogP contribution is 2.33. The molecule has 0 bridgehead atoms. The minimum absolute atomic E-state index is 0.116.